The number of nitrogens with zero attached hydrogens (tertiary/aromatic N) is 2. The summed E-state index contributed by atoms with van der Waals surface area (Å²) in [5.74, 6) is -0.279. The van der Waals surface area contributed by atoms with E-state index in [4.69, 9.17) is 4.74 Å². The number of carbonyl (C=O) groups excluding carboxylic acids is 1. The molecule has 0 fully saturated rings. The highest BCUT2D eigenvalue weighted by Gasteiger charge is 2.22. The molecule has 0 saturated heterocycles. The summed E-state index contributed by atoms with van der Waals surface area (Å²) in [7, 11) is 3.87. The molecule has 0 radical (unpaired) electrons. The number of ether oxygens (including phenoxy) is 1. The molecule has 2 aromatic carbocycles. The molecule has 0 bridgehead atoms. The van der Waals surface area contributed by atoms with Gasteiger partial charge in [-0.3, -0.25) is 4.98 Å². The van der Waals surface area contributed by atoms with Crippen molar-refractivity contribution in [3.63, 3.8) is 0 Å². The standard InChI is InChI=1S/C24H25N3O2/c1-5-29-24(28)23-18-10-9-16(11-21(18)27(4)22(23)14-25-3)20-13-26-12-19-15(2)7-6-8-17(19)20/h6-13,25H,5,14H2,1-4H3. The third-order valence-electron chi connectivity index (χ3n) is 5.48. The predicted octanol–water partition coefficient (Wildman–Crippen LogP) is 4.60. The molecular formula is C24H25N3O2. The van der Waals surface area contributed by atoms with Crippen LogP contribution in [0.5, 0.6) is 0 Å². The van der Waals surface area contributed by atoms with Crippen molar-refractivity contribution in [2.24, 2.45) is 7.05 Å². The third kappa shape index (κ3) is 3.17. The molecular weight excluding hydrogens is 362 g/mol. The maximum Gasteiger partial charge on any atom is 0.340 e. The number of benzene rings is 2. The normalized spacial score (nSPS) is 11.3. The molecule has 4 rings (SSSR count). The number of esters is 1. The lowest BCUT2D eigenvalue weighted by molar-refractivity contribution is 0.0527. The van der Waals surface area contributed by atoms with E-state index in [-0.39, 0.29) is 5.97 Å². The molecule has 5 heteroatoms. The fourth-order valence-corrected chi connectivity index (χ4v) is 4.03. The summed E-state index contributed by atoms with van der Waals surface area (Å²) in [5.41, 5.74) is 5.93. The molecule has 5 nitrogen and oxygen atoms in total. The van der Waals surface area contributed by atoms with Crippen molar-refractivity contribution in [2.45, 2.75) is 20.4 Å². The Bertz CT molecular complexity index is 1220. The van der Waals surface area contributed by atoms with Crippen molar-refractivity contribution in [3.05, 3.63) is 65.6 Å². The van der Waals surface area contributed by atoms with Crippen LogP contribution in [0.3, 0.4) is 0 Å². The van der Waals surface area contributed by atoms with Crippen LogP contribution in [0.1, 0.15) is 28.5 Å². The smallest absolute Gasteiger partial charge is 0.340 e. The lowest BCUT2D eigenvalue weighted by Crippen LogP contribution is -2.14. The molecule has 0 aliphatic rings. The summed E-state index contributed by atoms with van der Waals surface area (Å²) in [5, 5.41) is 6.40. The van der Waals surface area contributed by atoms with Crippen LogP contribution in [0.25, 0.3) is 32.8 Å². The van der Waals surface area contributed by atoms with Gasteiger partial charge in [0.15, 0.2) is 0 Å². The Morgan fingerprint density at radius 3 is 2.72 bits per heavy atom. The molecule has 4 aromatic rings. The Kier molecular flexibility index (Phi) is 5.07. The van der Waals surface area contributed by atoms with E-state index < -0.39 is 0 Å². The van der Waals surface area contributed by atoms with E-state index in [1.165, 1.54) is 10.9 Å². The molecule has 0 atom stereocenters. The Balaban J connectivity index is 1.95. The second-order valence-electron chi connectivity index (χ2n) is 7.22. The van der Waals surface area contributed by atoms with E-state index in [9.17, 15) is 4.79 Å². The molecule has 0 aliphatic heterocycles. The van der Waals surface area contributed by atoms with Gasteiger partial charge in [-0.1, -0.05) is 30.3 Å². The second-order valence-corrected chi connectivity index (χ2v) is 7.22. The third-order valence-corrected chi connectivity index (χ3v) is 5.48. The number of carbonyl (C=O) groups is 1. The average molecular weight is 387 g/mol. The van der Waals surface area contributed by atoms with E-state index in [1.54, 1.807) is 0 Å². The topological polar surface area (TPSA) is 56.1 Å². The van der Waals surface area contributed by atoms with Crippen LogP contribution in [0.4, 0.5) is 0 Å². The van der Waals surface area contributed by atoms with Gasteiger partial charge in [-0.2, -0.15) is 0 Å². The maximum atomic E-state index is 12.7. The van der Waals surface area contributed by atoms with Crippen LogP contribution in [0.2, 0.25) is 0 Å². The van der Waals surface area contributed by atoms with Gasteiger partial charge in [-0.25, -0.2) is 4.79 Å². The van der Waals surface area contributed by atoms with Gasteiger partial charge >= 0.3 is 5.97 Å². The lowest BCUT2D eigenvalue weighted by Gasteiger charge is -2.09. The Morgan fingerprint density at radius 2 is 1.97 bits per heavy atom. The van der Waals surface area contributed by atoms with Crippen LogP contribution in [0, 0.1) is 6.92 Å². The zero-order valence-electron chi connectivity index (χ0n) is 17.2. The van der Waals surface area contributed by atoms with E-state index in [2.05, 4.69) is 52.1 Å². The van der Waals surface area contributed by atoms with Gasteiger partial charge in [-0.15, -0.1) is 0 Å². The Morgan fingerprint density at radius 1 is 1.14 bits per heavy atom. The first-order chi connectivity index (χ1) is 14.1. The van der Waals surface area contributed by atoms with Gasteiger partial charge in [0, 0.05) is 53.5 Å². The molecule has 148 valence electrons. The van der Waals surface area contributed by atoms with Gasteiger partial charge in [0.05, 0.1) is 12.2 Å². The summed E-state index contributed by atoms with van der Waals surface area (Å²) in [6.45, 7) is 4.87. The van der Waals surface area contributed by atoms with Crippen LogP contribution in [-0.2, 0) is 18.3 Å². The highest BCUT2D eigenvalue weighted by Crippen LogP contribution is 2.34. The molecule has 0 saturated carbocycles. The number of fused-ring (bicyclic) bond motifs is 2. The van der Waals surface area contributed by atoms with Gasteiger partial charge in [0.25, 0.3) is 0 Å². The number of pyridine rings is 1. The van der Waals surface area contributed by atoms with Crippen molar-refractivity contribution >= 4 is 27.6 Å². The SMILES string of the molecule is CCOC(=O)c1c(CNC)n(C)c2cc(-c3cncc4c(C)cccc34)ccc12. The van der Waals surface area contributed by atoms with E-state index in [0.717, 1.165) is 33.1 Å². The highest BCUT2D eigenvalue weighted by molar-refractivity contribution is 6.07. The van der Waals surface area contributed by atoms with Crippen LogP contribution in [0.15, 0.2) is 48.8 Å². The van der Waals surface area contributed by atoms with Crippen molar-refractivity contribution in [1.82, 2.24) is 14.9 Å². The summed E-state index contributed by atoms with van der Waals surface area (Å²) >= 11 is 0. The number of nitrogens with one attached hydrogen (secondary N) is 1. The highest BCUT2D eigenvalue weighted by atomic mass is 16.5. The molecule has 0 unspecified atom stereocenters. The number of aromatic nitrogens is 2. The molecule has 2 aromatic heterocycles. The van der Waals surface area contributed by atoms with E-state index in [0.29, 0.717) is 18.7 Å². The van der Waals surface area contributed by atoms with E-state index >= 15 is 0 Å². The molecule has 0 aliphatic carbocycles. The van der Waals surface area contributed by atoms with Crippen molar-refractivity contribution < 1.29 is 9.53 Å². The van der Waals surface area contributed by atoms with Crippen LogP contribution >= 0.6 is 0 Å². The maximum absolute atomic E-state index is 12.7. The minimum atomic E-state index is -0.279. The Hall–Kier alpha value is -3.18. The molecule has 2 heterocycles. The number of hydrogen-bond acceptors (Lipinski definition) is 4. The van der Waals surface area contributed by atoms with Gasteiger partial charge < -0.3 is 14.6 Å². The fourth-order valence-electron chi connectivity index (χ4n) is 4.03. The quantitative estimate of drug-likeness (QED) is 0.509. The first kappa shape index (κ1) is 19.2. The zero-order valence-corrected chi connectivity index (χ0v) is 17.2. The largest absolute Gasteiger partial charge is 0.462 e. The summed E-state index contributed by atoms with van der Waals surface area (Å²) in [6, 6.07) is 12.5. The number of hydrogen-bond donors (Lipinski definition) is 1. The average Bonchev–Trinajstić information content (AvgIpc) is 3.00. The van der Waals surface area contributed by atoms with Gasteiger partial charge in [0.1, 0.15) is 0 Å². The first-order valence-electron chi connectivity index (χ1n) is 9.83. The summed E-state index contributed by atoms with van der Waals surface area (Å²) in [6.07, 6.45) is 3.83. The second kappa shape index (κ2) is 7.68. The fraction of sp³-hybridized carbons (Fsp3) is 0.250. The number of rotatable bonds is 5. The Labute approximate surface area is 170 Å². The van der Waals surface area contributed by atoms with Crippen molar-refractivity contribution in [1.29, 1.82) is 0 Å². The lowest BCUT2D eigenvalue weighted by atomic mass is 9.97. The molecule has 1 N–H and O–H groups in total. The molecule has 0 amide bonds. The summed E-state index contributed by atoms with van der Waals surface area (Å²) in [4.78, 5) is 17.1. The monoisotopic (exact) mass is 387 g/mol. The first-order valence-corrected chi connectivity index (χ1v) is 9.83. The molecule has 29 heavy (non-hydrogen) atoms. The molecule has 0 spiro atoms. The zero-order chi connectivity index (χ0) is 20.5. The van der Waals surface area contributed by atoms with E-state index in [1.807, 2.05) is 39.5 Å². The summed E-state index contributed by atoms with van der Waals surface area (Å²) < 4.78 is 7.41. The predicted molar refractivity (Wildman–Crippen MR) is 117 cm³/mol. The minimum Gasteiger partial charge on any atom is -0.462 e. The van der Waals surface area contributed by atoms with Crippen LogP contribution in [-0.4, -0.2) is 29.2 Å². The van der Waals surface area contributed by atoms with Crippen molar-refractivity contribution in [3.8, 4) is 11.1 Å². The van der Waals surface area contributed by atoms with Crippen molar-refractivity contribution in [2.75, 3.05) is 13.7 Å². The number of aryl methyl sites for hydroxylation is 2. The van der Waals surface area contributed by atoms with Gasteiger partial charge in [-0.05, 0) is 43.5 Å². The van der Waals surface area contributed by atoms with Gasteiger partial charge in [0.2, 0.25) is 0 Å². The minimum absolute atomic E-state index is 0.279. The van der Waals surface area contributed by atoms with Crippen LogP contribution < -0.4 is 5.32 Å².